The first kappa shape index (κ1) is 19.3. The normalized spacial score (nSPS) is 11.0. The van der Waals surface area contributed by atoms with Crippen molar-refractivity contribution < 1.29 is 19.4 Å². The summed E-state index contributed by atoms with van der Waals surface area (Å²) in [4.78, 5) is 26.1. The molecule has 0 aliphatic carbocycles. The summed E-state index contributed by atoms with van der Waals surface area (Å²) < 4.78 is 5.49. The van der Waals surface area contributed by atoms with Gasteiger partial charge in [-0.25, -0.2) is 9.78 Å². The molecule has 23 heavy (non-hydrogen) atoms. The summed E-state index contributed by atoms with van der Waals surface area (Å²) in [7, 11) is 0. The number of urea groups is 1. The van der Waals surface area contributed by atoms with Crippen LogP contribution in [0.15, 0.2) is 12.3 Å². The highest BCUT2D eigenvalue weighted by atomic mass is 35.5. The van der Waals surface area contributed by atoms with E-state index in [4.69, 9.17) is 33.0 Å². The van der Waals surface area contributed by atoms with Crippen LogP contribution in [-0.4, -0.2) is 40.8 Å². The Labute approximate surface area is 144 Å². The summed E-state index contributed by atoms with van der Waals surface area (Å²) in [6.45, 7) is 3.96. The molecule has 0 aromatic carbocycles. The van der Waals surface area contributed by atoms with Gasteiger partial charge in [-0.1, -0.05) is 23.2 Å². The molecule has 0 spiro atoms. The number of carboxylic acid groups (broad SMARTS) is 1. The number of hydrogen-bond acceptors (Lipinski definition) is 4. The molecule has 0 fully saturated rings. The van der Waals surface area contributed by atoms with E-state index < -0.39 is 17.5 Å². The number of aromatic nitrogens is 1. The molecule has 1 aromatic heterocycles. The average molecular weight is 364 g/mol. The van der Waals surface area contributed by atoms with Gasteiger partial charge in [0, 0.05) is 19.2 Å². The van der Waals surface area contributed by atoms with Crippen molar-refractivity contribution in [2.45, 2.75) is 32.2 Å². The van der Waals surface area contributed by atoms with Gasteiger partial charge in [-0.2, -0.15) is 0 Å². The van der Waals surface area contributed by atoms with E-state index in [-0.39, 0.29) is 30.5 Å². The highest BCUT2D eigenvalue weighted by molar-refractivity contribution is 6.35. The Hall–Kier alpha value is -1.73. The molecule has 128 valence electrons. The Morgan fingerprint density at radius 2 is 2.09 bits per heavy atom. The largest absolute Gasteiger partial charge is 0.481 e. The molecule has 1 heterocycles. The molecule has 1 rings (SSSR count). The second kappa shape index (κ2) is 8.79. The number of carbonyl (C=O) groups is 2. The molecule has 7 nitrogen and oxygen atoms in total. The molecule has 0 saturated carbocycles. The number of nitrogens with zero attached hydrogens (tertiary/aromatic N) is 1. The minimum atomic E-state index is -0.895. The van der Waals surface area contributed by atoms with Crippen LogP contribution in [-0.2, 0) is 4.79 Å². The topological polar surface area (TPSA) is 101 Å². The number of amides is 2. The van der Waals surface area contributed by atoms with Gasteiger partial charge in [0.2, 0.25) is 5.88 Å². The zero-order valence-electron chi connectivity index (χ0n) is 12.9. The summed E-state index contributed by atoms with van der Waals surface area (Å²) in [6, 6.07) is 1.11. The van der Waals surface area contributed by atoms with Crippen molar-refractivity contribution in [3.63, 3.8) is 0 Å². The summed E-state index contributed by atoms with van der Waals surface area (Å²) in [5.74, 6) is -0.666. The van der Waals surface area contributed by atoms with Gasteiger partial charge in [-0.05, 0) is 26.3 Å². The van der Waals surface area contributed by atoms with E-state index in [1.165, 1.54) is 12.3 Å². The summed E-state index contributed by atoms with van der Waals surface area (Å²) in [6.07, 6.45) is 1.79. The van der Waals surface area contributed by atoms with Crippen LogP contribution in [0.2, 0.25) is 10.0 Å². The zero-order chi connectivity index (χ0) is 17.5. The standard InChI is InChI=1S/C14H19Cl2N3O4/c1-14(2,19-13(22)17-5-3-4-11(20)21)8-23-12-10(16)6-9(15)7-18-12/h6-7H,3-5,8H2,1-2H3,(H,20,21)(H2,17,19,22). The number of pyridine rings is 1. The van der Waals surface area contributed by atoms with Crippen LogP contribution in [0, 0.1) is 0 Å². The molecule has 2 amide bonds. The number of aliphatic carboxylic acids is 1. The smallest absolute Gasteiger partial charge is 0.315 e. The quantitative estimate of drug-likeness (QED) is 0.616. The molecule has 0 radical (unpaired) electrons. The second-order valence-corrected chi connectivity index (χ2v) is 6.33. The predicted molar refractivity (Wildman–Crippen MR) is 87.2 cm³/mol. The molecule has 0 atom stereocenters. The first-order valence-electron chi connectivity index (χ1n) is 6.91. The molecule has 0 aliphatic rings. The minimum absolute atomic E-state index is 0.00746. The van der Waals surface area contributed by atoms with Crippen molar-refractivity contribution >= 4 is 35.2 Å². The van der Waals surface area contributed by atoms with Crippen LogP contribution in [0.4, 0.5) is 4.79 Å². The van der Waals surface area contributed by atoms with Crippen LogP contribution >= 0.6 is 23.2 Å². The molecule has 0 aliphatic heterocycles. The molecule has 9 heteroatoms. The lowest BCUT2D eigenvalue weighted by Gasteiger charge is -2.26. The minimum Gasteiger partial charge on any atom is -0.481 e. The Morgan fingerprint density at radius 1 is 1.39 bits per heavy atom. The number of rotatable bonds is 8. The monoisotopic (exact) mass is 363 g/mol. The average Bonchev–Trinajstić information content (AvgIpc) is 2.42. The Balaban J connectivity index is 2.39. The molecular weight excluding hydrogens is 345 g/mol. The van der Waals surface area contributed by atoms with Crippen molar-refractivity contribution in [2.75, 3.05) is 13.2 Å². The first-order chi connectivity index (χ1) is 10.7. The van der Waals surface area contributed by atoms with Crippen LogP contribution < -0.4 is 15.4 Å². The fourth-order valence-electron chi connectivity index (χ4n) is 1.59. The van der Waals surface area contributed by atoms with E-state index in [1.54, 1.807) is 13.8 Å². The number of nitrogens with one attached hydrogen (secondary N) is 2. The fraction of sp³-hybridized carbons (Fsp3) is 0.500. The number of halogens is 2. The van der Waals surface area contributed by atoms with Crippen LogP contribution in [0.3, 0.4) is 0 Å². The van der Waals surface area contributed by atoms with Crippen molar-refractivity contribution in [2.24, 2.45) is 0 Å². The zero-order valence-corrected chi connectivity index (χ0v) is 14.4. The SMILES string of the molecule is CC(C)(COc1ncc(Cl)cc1Cl)NC(=O)NCCCC(=O)O. The van der Waals surface area contributed by atoms with Gasteiger partial charge in [-0.3, -0.25) is 4.79 Å². The highest BCUT2D eigenvalue weighted by Crippen LogP contribution is 2.25. The summed E-state index contributed by atoms with van der Waals surface area (Å²) in [5.41, 5.74) is -0.679. The number of hydrogen-bond donors (Lipinski definition) is 3. The lowest BCUT2D eigenvalue weighted by atomic mass is 10.1. The third-order valence-corrected chi connectivity index (χ3v) is 3.13. The van der Waals surface area contributed by atoms with Gasteiger partial charge in [0.05, 0.1) is 10.6 Å². The molecular formula is C14H19Cl2N3O4. The highest BCUT2D eigenvalue weighted by Gasteiger charge is 2.22. The van der Waals surface area contributed by atoms with E-state index in [1.807, 2.05) is 0 Å². The van der Waals surface area contributed by atoms with Crippen molar-refractivity contribution in [3.8, 4) is 5.88 Å². The first-order valence-corrected chi connectivity index (χ1v) is 7.67. The third-order valence-electron chi connectivity index (χ3n) is 2.65. The van der Waals surface area contributed by atoms with Crippen molar-refractivity contribution in [1.82, 2.24) is 15.6 Å². The molecule has 0 saturated heterocycles. The van der Waals surface area contributed by atoms with Crippen molar-refractivity contribution in [3.05, 3.63) is 22.3 Å². The molecule has 1 aromatic rings. The van der Waals surface area contributed by atoms with Crippen LogP contribution in [0.1, 0.15) is 26.7 Å². The van der Waals surface area contributed by atoms with Crippen molar-refractivity contribution in [1.29, 1.82) is 0 Å². The van der Waals surface area contributed by atoms with E-state index >= 15 is 0 Å². The van der Waals surface area contributed by atoms with E-state index in [0.717, 1.165) is 0 Å². The molecule has 3 N–H and O–H groups in total. The van der Waals surface area contributed by atoms with Crippen LogP contribution in [0.25, 0.3) is 0 Å². The summed E-state index contributed by atoms with van der Waals surface area (Å²) >= 11 is 11.7. The maximum Gasteiger partial charge on any atom is 0.315 e. The number of ether oxygens (including phenoxy) is 1. The molecule has 0 bridgehead atoms. The predicted octanol–water partition coefficient (Wildman–Crippen LogP) is 2.71. The van der Waals surface area contributed by atoms with Gasteiger partial charge < -0.3 is 20.5 Å². The maximum atomic E-state index is 11.7. The van der Waals surface area contributed by atoms with E-state index in [2.05, 4.69) is 15.6 Å². The van der Waals surface area contributed by atoms with Gasteiger partial charge in [0.25, 0.3) is 0 Å². The van der Waals surface area contributed by atoms with E-state index in [0.29, 0.717) is 11.4 Å². The van der Waals surface area contributed by atoms with E-state index in [9.17, 15) is 9.59 Å². The van der Waals surface area contributed by atoms with Gasteiger partial charge in [0.1, 0.15) is 11.6 Å². The van der Waals surface area contributed by atoms with Gasteiger partial charge in [0.15, 0.2) is 0 Å². The Kier molecular flexibility index (Phi) is 7.38. The second-order valence-electron chi connectivity index (χ2n) is 5.49. The van der Waals surface area contributed by atoms with Crippen LogP contribution in [0.5, 0.6) is 5.88 Å². The van der Waals surface area contributed by atoms with Gasteiger partial charge >= 0.3 is 12.0 Å². The molecule has 0 unspecified atom stereocenters. The lowest BCUT2D eigenvalue weighted by molar-refractivity contribution is -0.137. The maximum absolute atomic E-state index is 11.7. The third kappa shape index (κ3) is 7.90. The fourth-order valence-corrected chi connectivity index (χ4v) is 2.02. The summed E-state index contributed by atoms with van der Waals surface area (Å²) in [5, 5.41) is 14.5. The number of carboxylic acids is 1. The Morgan fingerprint density at radius 3 is 2.70 bits per heavy atom. The lowest BCUT2D eigenvalue weighted by Crippen LogP contribution is -2.51. The Bertz CT molecular complexity index is 567. The van der Waals surface area contributed by atoms with Gasteiger partial charge in [-0.15, -0.1) is 0 Å². The number of carbonyl (C=O) groups excluding carboxylic acids is 1.